The molecule has 0 saturated carbocycles. The fourth-order valence-corrected chi connectivity index (χ4v) is 1.43. The highest BCUT2D eigenvalue weighted by atomic mass is 19.4. The average Bonchev–Trinajstić information content (AvgIpc) is 2.38. The molecule has 0 aromatic carbocycles. The molecule has 0 fully saturated rings. The third-order valence-corrected chi connectivity index (χ3v) is 2.39. The Bertz CT molecular complexity index is 413. The lowest BCUT2D eigenvalue weighted by molar-refractivity contribution is -0.144. The van der Waals surface area contributed by atoms with Crippen molar-refractivity contribution < 1.29 is 17.9 Å². The molecule has 0 aliphatic rings. The molecule has 1 aromatic heterocycles. The number of rotatable bonds is 6. The number of aromatic nitrogens is 2. The molecule has 1 aromatic rings. The van der Waals surface area contributed by atoms with Crippen molar-refractivity contribution in [1.29, 1.82) is 0 Å². The molecule has 6 nitrogen and oxygen atoms in total. The first kappa shape index (κ1) is 15.4. The summed E-state index contributed by atoms with van der Waals surface area (Å²) in [5.74, 6) is 3.95. The van der Waals surface area contributed by atoms with Gasteiger partial charge in [-0.15, -0.1) is 0 Å². The van der Waals surface area contributed by atoms with Crippen LogP contribution in [0.3, 0.4) is 0 Å². The lowest BCUT2D eigenvalue weighted by Gasteiger charge is -2.22. The number of ether oxygens (including phenoxy) is 1. The molecular formula is C10H16F3N5O. The van der Waals surface area contributed by atoms with Crippen LogP contribution in [0.2, 0.25) is 0 Å². The standard InChI is InChI=1S/C10H16F3N5O/c1-3-18(4-5-19-2)8-6-7(17-14)15-9(16-8)10(11,12)13/h6H,3-5,14H2,1-2H3,(H,15,16,17). The topological polar surface area (TPSA) is 76.3 Å². The maximum absolute atomic E-state index is 12.7. The van der Waals surface area contributed by atoms with E-state index in [2.05, 4.69) is 15.4 Å². The summed E-state index contributed by atoms with van der Waals surface area (Å²) in [6.07, 6.45) is -4.62. The zero-order chi connectivity index (χ0) is 14.5. The van der Waals surface area contributed by atoms with E-state index >= 15 is 0 Å². The van der Waals surface area contributed by atoms with Crippen molar-refractivity contribution in [3.05, 3.63) is 11.9 Å². The summed E-state index contributed by atoms with van der Waals surface area (Å²) >= 11 is 0. The van der Waals surface area contributed by atoms with Crippen molar-refractivity contribution in [2.45, 2.75) is 13.1 Å². The number of hydrogen-bond donors (Lipinski definition) is 2. The maximum atomic E-state index is 12.7. The summed E-state index contributed by atoms with van der Waals surface area (Å²) < 4.78 is 42.9. The molecule has 0 saturated heterocycles. The number of methoxy groups -OCH3 is 1. The Hall–Kier alpha value is -1.61. The molecule has 0 unspecified atom stereocenters. The molecule has 0 radical (unpaired) electrons. The van der Waals surface area contributed by atoms with Crippen molar-refractivity contribution in [3.63, 3.8) is 0 Å². The number of likely N-dealkylation sites (N-methyl/N-ethyl adjacent to an activating group) is 1. The van der Waals surface area contributed by atoms with E-state index in [0.717, 1.165) is 0 Å². The summed E-state index contributed by atoms with van der Waals surface area (Å²) in [6.45, 7) is 3.10. The van der Waals surface area contributed by atoms with Gasteiger partial charge < -0.3 is 15.1 Å². The van der Waals surface area contributed by atoms with Crippen molar-refractivity contribution in [2.75, 3.05) is 37.1 Å². The second kappa shape index (κ2) is 6.53. The molecule has 1 rings (SSSR count). The Balaban J connectivity index is 3.11. The van der Waals surface area contributed by atoms with Crippen LogP contribution in [-0.2, 0) is 10.9 Å². The van der Waals surface area contributed by atoms with E-state index in [-0.39, 0.29) is 11.6 Å². The molecule has 0 aliphatic heterocycles. The highest BCUT2D eigenvalue weighted by Crippen LogP contribution is 2.29. The minimum atomic E-state index is -4.62. The van der Waals surface area contributed by atoms with E-state index in [1.165, 1.54) is 13.2 Å². The predicted octanol–water partition coefficient (Wildman–Crippen LogP) is 1.25. The van der Waals surface area contributed by atoms with Crippen molar-refractivity contribution in [1.82, 2.24) is 9.97 Å². The van der Waals surface area contributed by atoms with Crippen LogP contribution in [0.4, 0.5) is 24.8 Å². The van der Waals surface area contributed by atoms with E-state index in [4.69, 9.17) is 10.6 Å². The maximum Gasteiger partial charge on any atom is 0.451 e. The van der Waals surface area contributed by atoms with E-state index in [9.17, 15) is 13.2 Å². The Kier molecular flexibility index (Phi) is 5.31. The average molecular weight is 279 g/mol. The number of hydrogen-bond acceptors (Lipinski definition) is 6. The van der Waals surface area contributed by atoms with Crippen molar-refractivity contribution in [2.24, 2.45) is 5.84 Å². The zero-order valence-electron chi connectivity index (χ0n) is 10.7. The fraction of sp³-hybridized carbons (Fsp3) is 0.600. The van der Waals surface area contributed by atoms with Gasteiger partial charge in [-0.05, 0) is 6.92 Å². The van der Waals surface area contributed by atoms with Crippen LogP contribution >= 0.6 is 0 Å². The van der Waals surface area contributed by atoms with Crippen LogP contribution in [0.15, 0.2) is 6.07 Å². The summed E-state index contributed by atoms with van der Waals surface area (Å²) in [4.78, 5) is 8.45. The van der Waals surface area contributed by atoms with Crippen LogP contribution in [0.5, 0.6) is 0 Å². The second-order valence-electron chi connectivity index (χ2n) is 3.65. The first-order valence-electron chi connectivity index (χ1n) is 5.59. The molecule has 1 heterocycles. The van der Waals surface area contributed by atoms with E-state index in [1.54, 1.807) is 11.8 Å². The molecule has 0 aliphatic carbocycles. The number of nitrogens with zero attached hydrogens (tertiary/aromatic N) is 3. The minimum absolute atomic E-state index is 0.0896. The number of alkyl halides is 3. The Labute approximate surface area is 108 Å². The molecule has 0 spiro atoms. The van der Waals surface area contributed by atoms with Gasteiger partial charge in [0.1, 0.15) is 11.6 Å². The zero-order valence-corrected chi connectivity index (χ0v) is 10.7. The number of nitrogens with two attached hydrogens (primary N) is 1. The van der Waals surface area contributed by atoms with Crippen LogP contribution < -0.4 is 16.2 Å². The number of nitrogen functional groups attached to an aromatic ring is 1. The second-order valence-corrected chi connectivity index (χ2v) is 3.65. The van der Waals surface area contributed by atoms with Crippen molar-refractivity contribution in [3.8, 4) is 0 Å². The van der Waals surface area contributed by atoms with Gasteiger partial charge >= 0.3 is 6.18 Å². The number of anilines is 2. The smallest absolute Gasteiger partial charge is 0.383 e. The van der Waals surface area contributed by atoms with Gasteiger partial charge in [-0.1, -0.05) is 0 Å². The number of halogens is 3. The summed E-state index contributed by atoms with van der Waals surface area (Å²) in [5.41, 5.74) is 2.11. The molecular weight excluding hydrogens is 263 g/mol. The summed E-state index contributed by atoms with van der Waals surface area (Å²) in [5, 5.41) is 0. The van der Waals surface area contributed by atoms with E-state index in [0.29, 0.717) is 19.7 Å². The van der Waals surface area contributed by atoms with Gasteiger partial charge in [0.05, 0.1) is 6.61 Å². The van der Waals surface area contributed by atoms with Gasteiger partial charge in [-0.3, -0.25) is 0 Å². The fourth-order valence-electron chi connectivity index (χ4n) is 1.43. The Morgan fingerprint density at radius 3 is 2.58 bits per heavy atom. The van der Waals surface area contributed by atoms with Gasteiger partial charge in [0.25, 0.3) is 0 Å². The predicted molar refractivity (Wildman–Crippen MR) is 64.6 cm³/mol. The van der Waals surface area contributed by atoms with Crippen LogP contribution in [0.25, 0.3) is 0 Å². The lowest BCUT2D eigenvalue weighted by atomic mass is 10.4. The van der Waals surface area contributed by atoms with E-state index < -0.39 is 12.0 Å². The molecule has 19 heavy (non-hydrogen) atoms. The summed E-state index contributed by atoms with van der Waals surface area (Å²) in [6, 6.07) is 1.36. The normalized spacial score (nSPS) is 11.5. The lowest BCUT2D eigenvalue weighted by Crippen LogP contribution is -2.29. The van der Waals surface area contributed by atoms with Gasteiger partial charge in [0, 0.05) is 26.3 Å². The van der Waals surface area contributed by atoms with Crippen molar-refractivity contribution >= 4 is 11.6 Å². The monoisotopic (exact) mass is 279 g/mol. The Morgan fingerprint density at radius 2 is 2.11 bits per heavy atom. The van der Waals surface area contributed by atoms with E-state index in [1.807, 2.05) is 0 Å². The molecule has 0 bridgehead atoms. The first-order valence-corrected chi connectivity index (χ1v) is 5.59. The molecule has 9 heteroatoms. The third-order valence-electron chi connectivity index (χ3n) is 2.39. The Morgan fingerprint density at radius 1 is 1.42 bits per heavy atom. The number of hydrazine groups is 1. The molecule has 0 amide bonds. The van der Waals surface area contributed by atoms with Crippen LogP contribution in [0, 0.1) is 0 Å². The van der Waals surface area contributed by atoms with Gasteiger partial charge in [-0.2, -0.15) is 13.2 Å². The van der Waals surface area contributed by atoms with Gasteiger partial charge in [0.2, 0.25) is 5.82 Å². The third kappa shape index (κ3) is 4.21. The minimum Gasteiger partial charge on any atom is -0.383 e. The first-order chi connectivity index (χ1) is 8.92. The highest BCUT2D eigenvalue weighted by Gasteiger charge is 2.35. The largest absolute Gasteiger partial charge is 0.451 e. The van der Waals surface area contributed by atoms with Crippen LogP contribution in [0.1, 0.15) is 12.7 Å². The quantitative estimate of drug-likeness (QED) is 0.603. The number of nitrogens with one attached hydrogen (secondary N) is 1. The molecule has 108 valence electrons. The molecule has 3 N–H and O–H groups in total. The van der Waals surface area contributed by atoms with Gasteiger partial charge in [0.15, 0.2) is 0 Å². The SMILES string of the molecule is CCN(CCOC)c1cc(NN)nc(C(F)(F)F)n1. The van der Waals surface area contributed by atoms with Gasteiger partial charge in [-0.25, -0.2) is 15.8 Å². The highest BCUT2D eigenvalue weighted by molar-refractivity contribution is 5.49. The van der Waals surface area contributed by atoms with Crippen LogP contribution in [-0.4, -0.2) is 36.8 Å². The summed E-state index contributed by atoms with van der Waals surface area (Å²) in [7, 11) is 1.52. The molecule has 0 atom stereocenters.